The summed E-state index contributed by atoms with van der Waals surface area (Å²) in [6.07, 6.45) is 3.62. The molecule has 3 rings (SSSR count). The first-order chi connectivity index (χ1) is 10.0. The van der Waals surface area contributed by atoms with Crippen LogP contribution in [0, 0.1) is 5.92 Å². The molecule has 1 aromatic heterocycles. The first-order valence-electron chi connectivity index (χ1n) is 8.26. The summed E-state index contributed by atoms with van der Waals surface area (Å²) in [6.45, 7) is 10.9. The lowest BCUT2D eigenvalue weighted by Gasteiger charge is -2.41. The van der Waals surface area contributed by atoms with Gasteiger partial charge in [0.25, 0.3) is 0 Å². The molecule has 0 amide bonds. The van der Waals surface area contributed by atoms with E-state index in [1.165, 1.54) is 36.4 Å². The third-order valence-electron chi connectivity index (χ3n) is 5.22. The Hall–Kier alpha value is -0.420. The molecule has 2 aliphatic heterocycles. The van der Waals surface area contributed by atoms with Gasteiger partial charge in [-0.1, -0.05) is 6.92 Å². The maximum Gasteiger partial charge on any atom is 0.0669 e. The van der Waals surface area contributed by atoms with Crippen molar-refractivity contribution in [1.82, 2.24) is 9.80 Å². The number of piperidine rings is 1. The van der Waals surface area contributed by atoms with E-state index in [1.807, 2.05) is 18.3 Å². The number of aliphatic hydroxyl groups is 1. The van der Waals surface area contributed by atoms with Crippen molar-refractivity contribution >= 4 is 11.3 Å². The highest BCUT2D eigenvalue weighted by Gasteiger charge is 2.34. The Morgan fingerprint density at radius 2 is 2.00 bits per heavy atom. The number of nitrogens with zero attached hydrogens (tertiary/aromatic N) is 2. The van der Waals surface area contributed by atoms with Gasteiger partial charge in [-0.3, -0.25) is 9.80 Å². The van der Waals surface area contributed by atoms with Gasteiger partial charge in [0, 0.05) is 31.1 Å². The van der Waals surface area contributed by atoms with Crippen molar-refractivity contribution in [1.29, 1.82) is 0 Å². The van der Waals surface area contributed by atoms with E-state index in [0.717, 1.165) is 32.6 Å². The molecule has 2 fully saturated rings. The first-order valence-corrected chi connectivity index (χ1v) is 9.14. The van der Waals surface area contributed by atoms with Gasteiger partial charge in [-0.2, -0.15) is 0 Å². The van der Waals surface area contributed by atoms with Gasteiger partial charge in [0.05, 0.1) is 5.60 Å². The van der Waals surface area contributed by atoms with E-state index in [4.69, 9.17) is 0 Å². The molecule has 3 heterocycles. The quantitative estimate of drug-likeness (QED) is 0.926. The predicted octanol–water partition coefficient (Wildman–Crippen LogP) is 2.94. The van der Waals surface area contributed by atoms with Crippen molar-refractivity contribution < 1.29 is 5.11 Å². The van der Waals surface area contributed by atoms with Crippen molar-refractivity contribution in [3.8, 4) is 0 Å². The van der Waals surface area contributed by atoms with Crippen molar-refractivity contribution in [3.05, 3.63) is 21.9 Å². The normalized spacial score (nSPS) is 31.9. The second-order valence-electron chi connectivity index (χ2n) is 7.15. The number of rotatable bonds is 4. The van der Waals surface area contributed by atoms with Crippen LogP contribution >= 0.6 is 11.3 Å². The van der Waals surface area contributed by atoms with Crippen molar-refractivity contribution in [2.45, 2.75) is 51.8 Å². The zero-order valence-corrected chi connectivity index (χ0v) is 14.2. The van der Waals surface area contributed by atoms with Crippen molar-refractivity contribution in [2.75, 3.05) is 26.2 Å². The van der Waals surface area contributed by atoms with Crippen LogP contribution in [-0.2, 0) is 13.1 Å². The fourth-order valence-electron chi connectivity index (χ4n) is 3.46. The lowest BCUT2D eigenvalue weighted by Crippen LogP contribution is -2.48. The van der Waals surface area contributed by atoms with Crippen LogP contribution in [0.25, 0.3) is 0 Å². The fraction of sp³-hybridized carbons (Fsp3) is 0.765. The topological polar surface area (TPSA) is 26.7 Å². The first kappa shape index (κ1) is 15.5. The van der Waals surface area contributed by atoms with Gasteiger partial charge in [-0.25, -0.2) is 0 Å². The number of hydrogen-bond acceptors (Lipinski definition) is 4. The van der Waals surface area contributed by atoms with Gasteiger partial charge < -0.3 is 5.11 Å². The minimum Gasteiger partial charge on any atom is -0.390 e. The zero-order valence-electron chi connectivity index (χ0n) is 13.3. The Morgan fingerprint density at radius 3 is 2.71 bits per heavy atom. The molecular formula is C17H28N2OS. The third kappa shape index (κ3) is 3.86. The van der Waals surface area contributed by atoms with Crippen LogP contribution in [0.4, 0.5) is 0 Å². The van der Waals surface area contributed by atoms with Gasteiger partial charge in [0.15, 0.2) is 0 Å². The molecule has 0 aromatic carbocycles. The molecule has 118 valence electrons. The zero-order chi connectivity index (χ0) is 14.9. The summed E-state index contributed by atoms with van der Waals surface area (Å²) in [7, 11) is 0. The smallest absolute Gasteiger partial charge is 0.0669 e. The number of likely N-dealkylation sites (tertiary alicyclic amines) is 2. The monoisotopic (exact) mass is 308 g/mol. The van der Waals surface area contributed by atoms with Crippen LogP contribution < -0.4 is 0 Å². The minimum atomic E-state index is -0.479. The third-order valence-corrected chi connectivity index (χ3v) is 6.19. The van der Waals surface area contributed by atoms with Crippen molar-refractivity contribution in [3.63, 3.8) is 0 Å². The molecule has 2 saturated heterocycles. The highest BCUT2D eigenvalue weighted by Crippen LogP contribution is 2.29. The summed E-state index contributed by atoms with van der Waals surface area (Å²) in [5.74, 6) is 0.357. The van der Waals surface area contributed by atoms with Crippen LogP contribution in [0.15, 0.2) is 11.4 Å². The number of hydrogen-bond donors (Lipinski definition) is 1. The van der Waals surface area contributed by atoms with E-state index in [9.17, 15) is 5.11 Å². The van der Waals surface area contributed by atoms with Crippen LogP contribution in [0.2, 0.25) is 0 Å². The lowest BCUT2D eigenvalue weighted by atomic mass is 9.84. The van der Waals surface area contributed by atoms with Crippen LogP contribution in [0.1, 0.15) is 43.6 Å². The molecule has 1 N–H and O–H groups in total. The van der Waals surface area contributed by atoms with E-state index in [2.05, 4.69) is 28.2 Å². The molecule has 0 unspecified atom stereocenters. The second-order valence-corrected chi connectivity index (χ2v) is 8.14. The molecular weight excluding hydrogens is 280 g/mol. The van der Waals surface area contributed by atoms with Gasteiger partial charge >= 0.3 is 0 Å². The highest BCUT2D eigenvalue weighted by atomic mass is 32.1. The summed E-state index contributed by atoms with van der Waals surface area (Å²) in [4.78, 5) is 6.53. The van der Waals surface area contributed by atoms with Crippen LogP contribution in [-0.4, -0.2) is 46.7 Å². The molecule has 21 heavy (non-hydrogen) atoms. The maximum atomic E-state index is 10.3. The molecule has 4 heteroatoms. The Kier molecular flexibility index (Phi) is 4.69. The number of thiophene rings is 1. The van der Waals surface area contributed by atoms with E-state index in [-0.39, 0.29) is 0 Å². The average molecular weight is 308 g/mol. The second kappa shape index (κ2) is 6.37. The predicted molar refractivity (Wildman–Crippen MR) is 88.5 cm³/mol. The molecule has 0 aliphatic carbocycles. The Labute approximate surface area is 132 Å². The standard InChI is InChI=1S/C17H28N2OS/c1-14-10-19(8-5-17(14,2)20)12-16-9-15(13-21-16)11-18-6-3-4-7-18/h9,13-14,20H,3-8,10-12H2,1-2H3/t14-,17+/m1/s1. The molecule has 3 nitrogen and oxygen atoms in total. The van der Waals surface area contributed by atoms with E-state index < -0.39 is 5.60 Å². The van der Waals surface area contributed by atoms with E-state index in [1.54, 1.807) is 0 Å². The van der Waals surface area contributed by atoms with Crippen molar-refractivity contribution in [2.24, 2.45) is 5.92 Å². The Balaban J connectivity index is 1.52. The van der Waals surface area contributed by atoms with Gasteiger partial charge in [-0.15, -0.1) is 11.3 Å². The average Bonchev–Trinajstić information content (AvgIpc) is 3.07. The van der Waals surface area contributed by atoms with Gasteiger partial charge in [0.1, 0.15) is 0 Å². The Morgan fingerprint density at radius 1 is 1.24 bits per heavy atom. The molecule has 0 spiro atoms. The minimum absolute atomic E-state index is 0.357. The largest absolute Gasteiger partial charge is 0.390 e. The molecule has 0 bridgehead atoms. The highest BCUT2D eigenvalue weighted by molar-refractivity contribution is 7.10. The SMILES string of the molecule is C[C@@H]1CN(Cc2cc(CN3CCCC3)cs2)CC[C@]1(C)O. The van der Waals surface area contributed by atoms with Gasteiger partial charge in [-0.05, 0) is 62.2 Å². The summed E-state index contributed by atoms with van der Waals surface area (Å²) >= 11 is 1.90. The molecule has 0 saturated carbocycles. The fourth-order valence-corrected chi connectivity index (χ4v) is 4.38. The molecule has 1 aromatic rings. The van der Waals surface area contributed by atoms with Gasteiger partial charge in [0.2, 0.25) is 0 Å². The molecule has 2 aliphatic rings. The summed E-state index contributed by atoms with van der Waals surface area (Å²) in [5, 5.41) is 12.6. The summed E-state index contributed by atoms with van der Waals surface area (Å²) in [5.41, 5.74) is 1.00. The maximum absolute atomic E-state index is 10.3. The summed E-state index contributed by atoms with van der Waals surface area (Å²) in [6, 6.07) is 2.39. The van der Waals surface area contributed by atoms with E-state index in [0.29, 0.717) is 5.92 Å². The van der Waals surface area contributed by atoms with Crippen LogP contribution in [0.3, 0.4) is 0 Å². The van der Waals surface area contributed by atoms with Crippen LogP contribution in [0.5, 0.6) is 0 Å². The summed E-state index contributed by atoms with van der Waals surface area (Å²) < 4.78 is 0. The molecule has 0 radical (unpaired) electrons. The lowest BCUT2D eigenvalue weighted by molar-refractivity contribution is -0.0522. The Bertz CT molecular complexity index is 465. The molecule has 2 atom stereocenters. The van der Waals surface area contributed by atoms with E-state index >= 15 is 0 Å².